The maximum Gasteiger partial charge on any atom is 0.191 e. The van der Waals surface area contributed by atoms with Crippen molar-refractivity contribution in [3.63, 3.8) is 0 Å². The highest BCUT2D eigenvalue weighted by atomic mass is 127. The summed E-state index contributed by atoms with van der Waals surface area (Å²) in [6.07, 6.45) is 1.55. The number of nitrogens with zero attached hydrogens (tertiary/aromatic N) is 2. The van der Waals surface area contributed by atoms with Gasteiger partial charge in [0.2, 0.25) is 0 Å². The first kappa shape index (κ1) is 20.1. The number of hydrogen-bond donors (Lipinski definition) is 2. The van der Waals surface area contributed by atoms with Gasteiger partial charge in [0.25, 0.3) is 0 Å². The second-order valence-electron chi connectivity index (χ2n) is 4.73. The van der Waals surface area contributed by atoms with E-state index in [1.165, 1.54) is 0 Å². The minimum Gasteiger partial charge on any atom is -0.493 e. The molecular formula is C16H23IN4O3. The lowest BCUT2D eigenvalue weighted by Gasteiger charge is -2.11. The van der Waals surface area contributed by atoms with Crippen LogP contribution < -0.4 is 20.1 Å². The fourth-order valence-electron chi connectivity index (χ4n) is 1.99. The van der Waals surface area contributed by atoms with E-state index in [9.17, 15) is 0 Å². The molecule has 1 heterocycles. The Balaban J connectivity index is 0.00000288. The predicted molar refractivity (Wildman–Crippen MR) is 103 cm³/mol. The summed E-state index contributed by atoms with van der Waals surface area (Å²) in [5, 5.41) is 10.3. The van der Waals surface area contributed by atoms with E-state index in [4.69, 9.17) is 14.0 Å². The van der Waals surface area contributed by atoms with E-state index in [1.807, 2.05) is 31.2 Å². The highest BCUT2D eigenvalue weighted by Gasteiger charge is 2.05. The SMILES string of the molecule is CCNC(=NCc1ccc(OC)c(OC)c1)NCc1ccon1.I. The van der Waals surface area contributed by atoms with Crippen molar-refractivity contribution in [3.8, 4) is 11.5 Å². The summed E-state index contributed by atoms with van der Waals surface area (Å²) in [5.41, 5.74) is 1.85. The molecule has 0 radical (unpaired) electrons. The minimum absolute atomic E-state index is 0. The molecule has 0 atom stereocenters. The number of ether oxygens (including phenoxy) is 2. The number of rotatable bonds is 7. The molecule has 0 unspecified atom stereocenters. The lowest BCUT2D eigenvalue weighted by molar-refractivity contribution is 0.354. The van der Waals surface area contributed by atoms with E-state index in [2.05, 4.69) is 20.8 Å². The average molecular weight is 446 g/mol. The molecule has 132 valence electrons. The maximum atomic E-state index is 5.30. The standard InChI is InChI=1S/C16H22N4O3.HI/c1-4-17-16(19-11-13-7-8-23-20-13)18-10-12-5-6-14(21-2)15(9-12)22-3;/h5-9H,4,10-11H2,1-3H3,(H2,17,18,19);1H. The molecular weight excluding hydrogens is 423 g/mol. The van der Waals surface area contributed by atoms with Gasteiger partial charge in [-0.15, -0.1) is 24.0 Å². The van der Waals surface area contributed by atoms with Crippen LogP contribution in [0, 0.1) is 0 Å². The van der Waals surface area contributed by atoms with E-state index < -0.39 is 0 Å². The van der Waals surface area contributed by atoms with Crippen molar-refractivity contribution >= 4 is 29.9 Å². The Morgan fingerprint density at radius 3 is 2.58 bits per heavy atom. The molecule has 0 amide bonds. The zero-order chi connectivity index (χ0) is 16.5. The molecule has 0 spiro atoms. The zero-order valence-electron chi connectivity index (χ0n) is 14.0. The molecule has 8 heteroatoms. The Labute approximate surface area is 158 Å². The third-order valence-corrected chi connectivity index (χ3v) is 3.14. The number of benzene rings is 1. The highest BCUT2D eigenvalue weighted by molar-refractivity contribution is 14.0. The van der Waals surface area contributed by atoms with Gasteiger partial charge < -0.3 is 24.6 Å². The summed E-state index contributed by atoms with van der Waals surface area (Å²) in [4.78, 5) is 4.55. The van der Waals surface area contributed by atoms with Crippen LogP contribution in [-0.2, 0) is 13.1 Å². The summed E-state index contributed by atoms with van der Waals surface area (Å²) in [6, 6.07) is 7.57. The first-order chi connectivity index (χ1) is 11.3. The van der Waals surface area contributed by atoms with E-state index in [-0.39, 0.29) is 24.0 Å². The van der Waals surface area contributed by atoms with Crippen LogP contribution in [0.2, 0.25) is 0 Å². The van der Waals surface area contributed by atoms with Crippen LogP contribution in [0.25, 0.3) is 0 Å². The predicted octanol–water partition coefficient (Wildman–Crippen LogP) is 2.57. The van der Waals surface area contributed by atoms with Crippen LogP contribution in [0.5, 0.6) is 11.5 Å². The fourth-order valence-corrected chi connectivity index (χ4v) is 1.99. The second kappa shape index (κ2) is 10.7. The van der Waals surface area contributed by atoms with Gasteiger partial charge in [-0.1, -0.05) is 11.2 Å². The third-order valence-electron chi connectivity index (χ3n) is 3.14. The molecule has 1 aromatic carbocycles. The van der Waals surface area contributed by atoms with Crippen molar-refractivity contribution in [3.05, 3.63) is 41.8 Å². The lowest BCUT2D eigenvalue weighted by atomic mass is 10.2. The number of aliphatic imine (C=N–C) groups is 1. The van der Waals surface area contributed by atoms with Crippen molar-refractivity contribution in [2.24, 2.45) is 4.99 Å². The largest absolute Gasteiger partial charge is 0.493 e. The molecule has 0 aliphatic rings. The van der Waals surface area contributed by atoms with Crippen LogP contribution in [0.3, 0.4) is 0 Å². The maximum absolute atomic E-state index is 5.30. The van der Waals surface area contributed by atoms with Gasteiger partial charge in [-0.2, -0.15) is 0 Å². The van der Waals surface area contributed by atoms with E-state index in [0.717, 1.165) is 17.8 Å². The molecule has 0 bridgehead atoms. The summed E-state index contributed by atoms with van der Waals surface area (Å²) in [7, 11) is 3.24. The fraction of sp³-hybridized carbons (Fsp3) is 0.375. The minimum atomic E-state index is 0. The number of guanidine groups is 1. The summed E-state index contributed by atoms with van der Waals surface area (Å²) < 4.78 is 15.3. The van der Waals surface area contributed by atoms with Crippen LogP contribution in [0.1, 0.15) is 18.2 Å². The van der Waals surface area contributed by atoms with Crippen molar-refractivity contribution in [2.45, 2.75) is 20.0 Å². The molecule has 2 aromatic rings. The molecule has 2 rings (SSSR count). The number of aromatic nitrogens is 1. The molecule has 1 aromatic heterocycles. The summed E-state index contributed by atoms with van der Waals surface area (Å²) in [6.45, 7) is 3.86. The summed E-state index contributed by atoms with van der Waals surface area (Å²) >= 11 is 0. The van der Waals surface area contributed by atoms with Crippen LogP contribution >= 0.6 is 24.0 Å². The van der Waals surface area contributed by atoms with Gasteiger partial charge in [0, 0.05) is 12.6 Å². The molecule has 0 saturated carbocycles. The molecule has 0 aliphatic carbocycles. The van der Waals surface area contributed by atoms with Crippen LogP contribution in [-0.4, -0.2) is 31.9 Å². The topological polar surface area (TPSA) is 80.9 Å². The molecule has 0 aliphatic heterocycles. The summed E-state index contributed by atoms with van der Waals surface area (Å²) in [5.74, 6) is 2.11. The molecule has 0 fully saturated rings. The van der Waals surface area contributed by atoms with Crippen LogP contribution in [0.15, 0.2) is 40.0 Å². The second-order valence-corrected chi connectivity index (χ2v) is 4.73. The number of nitrogens with one attached hydrogen (secondary N) is 2. The van der Waals surface area contributed by atoms with Gasteiger partial charge in [0.15, 0.2) is 17.5 Å². The lowest BCUT2D eigenvalue weighted by Crippen LogP contribution is -2.36. The zero-order valence-corrected chi connectivity index (χ0v) is 16.4. The number of hydrogen-bond acceptors (Lipinski definition) is 5. The first-order valence-corrected chi connectivity index (χ1v) is 7.39. The first-order valence-electron chi connectivity index (χ1n) is 7.39. The molecule has 2 N–H and O–H groups in total. The van der Waals surface area contributed by atoms with Gasteiger partial charge in [0.1, 0.15) is 12.0 Å². The molecule has 0 saturated heterocycles. The molecule has 7 nitrogen and oxygen atoms in total. The van der Waals surface area contributed by atoms with Gasteiger partial charge >= 0.3 is 0 Å². The Bertz CT molecular complexity index is 632. The van der Waals surface area contributed by atoms with E-state index in [0.29, 0.717) is 30.5 Å². The number of halogens is 1. The molecule has 24 heavy (non-hydrogen) atoms. The van der Waals surface area contributed by atoms with Crippen molar-refractivity contribution < 1.29 is 14.0 Å². The Kier molecular flexibility index (Phi) is 8.98. The van der Waals surface area contributed by atoms with Crippen molar-refractivity contribution in [2.75, 3.05) is 20.8 Å². The van der Waals surface area contributed by atoms with Gasteiger partial charge in [-0.3, -0.25) is 0 Å². The average Bonchev–Trinajstić information content (AvgIpc) is 3.10. The Morgan fingerprint density at radius 2 is 1.96 bits per heavy atom. The van der Waals surface area contributed by atoms with Gasteiger partial charge in [-0.25, -0.2) is 4.99 Å². The van der Waals surface area contributed by atoms with Crippen molar-refractivity contribution in [1.29, 1.82) is 0 Å². The third kappa shape index (κ3) is 5.91. The van der Waals surface area contributed by atoms with E-state index in [1.54, 1.807) is 20.5 Å². The Hall–Kier alpha value is -1.97. The van der Waals surface area contributed by atoms with E-state index >= 15 is 0 Å². The number of methoxy groups -OCH3 is 2. The quantitative estimate of drug-likeness (QED) is 0.387. The van der Waals surface area contributed by atoms with Crippen LogP contribution in [0.4, 0.5) is 0 Å². The monoisotopic (exact) mass is 446 g/mol. The van der Waals surface area contributed by atoms with Gasteiger partial charge in [-0.05, 0) is 24.6 Å². The van der Waals surface area contributed by atoms with Crippen molar-refractivity contribution in [1.82, 2.24) is 15.8 Å². The smallest absolute Gasteiger partial charge is 0.191 e. The highest BCUT2D eigenvalue weighted by Crippen LogP contribution is 2.27. The Morgan fingerprint density at radius 1 is 1.17 bits per heavy atom. The normalized spacial score (nSPS) is 10.7. The van der Waals surface area contributed by atoms with Gasteiger partial charge in [0.05, 0.1) is 27.3 Å².